The van der Waals surface area contributed by atoms with Gasteiger partial charge in [-0.1, -0.05) is 48.5 Å². The van der Waals surface area contributed by atoms with Crippen LogP contribution in [0.25, 0.3) is 0 Å². The second-order valence-corrected chi connectivity index (χ2v) is 6.44. The summed E-state index contributed by atoms with van der Waals surface area (Å²) in [6.45, 7) is 2.53. The molecule has 0 N–H and O–H groups in total. The highest BCUT2D eigenvalue weighted by atomic mass is 32.2. The lowest BCUT2D eigenvalue weighted by molar-refractivity contribution is 0.148. The lowest BCUT2D eigenvalue weighted by Crippen LogP contribution is -2.37. The number of hydrogen-bond acceptors (Lipinski definition) is 3. The first-order valence-corrected chi connectivity index (χ1v) is 8.42. The number of rotatable bonds is 5. The van der Waals surface area contributed by atoms with Gasteiger partial charge in [0, 0.05) is 10.6 Å². The third-order valence-electron chi connectivity index (χ3n) is 3.89. The van der Waals surface area contributed by atoms with Crippen LogP contribution in [-0.4, -0.2) is 29.4 Å². The molecule has 0 saturated carbocycles. The van der Waals surface area contributed by atoms with E-state index >= 15 is 0 Å². The van der Waals surface area contributed by atoms with Gasteiger partial charge in [0.25, 0.3) is 0 Å². The van der Waals surface area contributed by atoms with E-state index in [1.54, 1.807) is 11.8 Å². The molecule has 4 heteroatoms. The predicted octanol–water partition coefficient (Wildman–Crippen LogP) is 4.36. The Kier molecular flexibility index (Phi) is 4.68. The zero-order valence-electron chi connectivity index (χ0n) is 12.5. The molecule has 3 rings (SSSR count). The van der Waals surface area contributed by atoms with E-state index in [-0.39, 0.29) is 18.2 Å². The van der Waals surface area contributed by atoms with E-state index < -0.39 is 0 Å². The second kappa shape index (κ2) is 6.88. The van der Waals surface area contributed by atoms with Crippen molar-refractivity contribution in [3.8, 4) is 0 Å². The van der Waals surface area contributed by atoms with Crippen LogP contribution in [0.3, 0.4) is 0 Å². The smallest absolute Gasteiger partial charge is 0.410 e. The molecule has 2 aromatic carbocycles. The maximum absolute atomic E-state index is 12.1. The molecule has 1 fully saturated rings. The molecule has 1 aliphatic rings. The second-order valence-electron chi connectivity index (χ2n) is 5.35. The van der Waals surface area contributed by atoms with Gasteiger partial charge in [0.1, 0.15) is 6.61 Å². The zero-order chi connectivity index (χ0) is 15.4. The van der Waals surface area contributed by atoms with Gasteiger partial charge in [0.15, 0.2) is 0 Å². The highest BCUT2D eigenvalue weighted by molar-refractivity contribution is 7.99. The lowest BCUT2D eigenvalue weighted by Gasteiger charge is -2.28. The van der Waals surface area contributed by atoms with Gasteiger partial charge in [-0.2, -0.15) is 0 Å². The average Bonchev–Trinajstić information content (AvgIpc) is 2.95. The standard InChI is InChI=1S/C18H19NO2S/c1-14(15-8-4-2-5-9-15)19-16(12-21-18(19)20)13-22-17-10-6-3-7-11-17/h2-11,14,16H,12-13H2,1H3/t14-,16+/m1/s1. The van der Waals surface area contributed by atoms with E-state index in [1.807, 2.05) is 41.3 Å². The van der Waals surface area contributed by atoms with Gasteiger partial charge in [0.2, 0.25) is 0 Å². The van der Waals surface area contributed by atoms with Gasteiger partial charge in [-0.3, -0.25) is 4.90 Å². The Hall–Kier alpha value is -1.94. The van der Waals surface area contributed by atoms with Gasteiger partial charge < -0.3 is 4.74 Å². The molecule has 0 radical (unpaired) electrons. The minimum absolute atomic E-state index is 0.0255. The van der Waals surface area contributed by atoms with Gasteiger partial charge in [-0.05, 0) is 24.6 Å². The summed E-state index contributed by atoms with van der Waals surface area (Å²) in [4.78, 5) is 15.2. The molecule has 0 bridgehead atoms. The van der Waals surface area contributed by atoms with Crippen LogP contribution in [0, 0.1) is 0 Å². The van der Waals surface area contributed by atoms with E-state index in [4.69, 9.17) is 4.74 Å². The van der Waals surface area contributed by atoms with Crippen LogP contribution in [0.4, 0.5) is 4.79 Å². The number of hydrogen-bond donors (Lipinski definition) is 0. The number of thioether (sulfide) groups is 1. The van der Waals surface area contributed by atoms with Crippen molar-refractivity contribution in [2.24, 2.45) is 0 Å². The van der Waals surface area contributed by atoms with Crippen LogP contribution in [0.15, 0.2) is 65.6 Å². The van der Waals surface area contributed by atoms with E-state index in [2.05, 4.69) is 31.2 Å². The fourth-order valence-electron chi connectivity index (χ4n) is 2.68. The molecule has 3 nitrogen and oxygen atoms in total. The minimum Gasteiger partial charge on any atom is -0.447 e. The number of cyclic esters (lactones) is 1. The Morgan fingerprint density at radius 3 is 2.45 bits per heavy atom. The number of carbonyl (C=O) groups excluding carboxylic acids is 1. The van der Waals surface area contributed by atoms with Crippen LogP contribution in [0.2, 0.25) is 0 Å². The largest absolute Gasteiger partial charge is 0.447 e. The quantitative estimate of drug-likeness (QED) is 0.768. The van der Waals surface area contributed by atoms with Crippen LogP contribution < -0.4 is 0 Å². The Labute approximate surface area is 135 Å². The zero-order valence-corrected chi connectivity index (χ0v) is 13.3. The van der Waals surface area contributed by atoms with E-state index in [0.717, 1.165) is 11.3 Å². The van der Waals surface area contributed by atoms with Crippen LogP contribution in [0.1, 0.15) is 18.5 Å². The van der Waals surface area contributed by atoms with Crippen molar-refractivity contribution in [3.05, 3.63) is 66.2 Å². The maximum Gasteiger partial charge on any atom is 0.410 e. The minimum atomic E-state index is -0.213. The first-order chi connectivity index (χ1) is 10.8. The van der Waals surface area contributed by atoms with Crippen LogP contribution >= 0.6 is 11.8 Å². The molecule has 114 valence electrons. The molecular formula is C18H19NO2S. The van der Waals surface area contributed by atoms with Crippen molar-refractivity contribution in [2.75, 3.05) is 12.4 Å². The first kappa shape index (κ1) is 15.0. The molecule has 1 aliphatic heterocycles. The molecule has 1 saturated heterocycles. The summed E-state index contributed by atoms with van der Waals surface area (Å²) in [5.74, 6) is 0.840. The van der Waals surface area contributed by atoms with Crippen LogP contribution in [0.5, 0.6) is 0 Å². The summed E-state index contributed by atoms with van der Waals surface area (Å²) in [5, 5.41) is 0. The Morgan fingerprint density at radius 2 is 1.77 bits per heavy atom. The first-order valence-electron chi connectivity index (χ1n) is 7.43. The predicted molar refractivity (Wildman–Crippen MR) is 89.0 cm³/mol. The lowest BCUT2D eigenvalue weighted by atomic mass is 10.1. The fourth-order valence-corrected chi connectivity index (χ4v) is 3.67. The van der Waals surface area contributed by atoms with Gasteiger partial charge in [-0.25, -0.2) is 4.79 Å². The van der Waals surface area contributed by atoms with E-state index in [9.17, 15) is 4.79 Å². The maximum atomic E-state index is 12.1. The van der Waals surface area contributed by atoms with Crippen molar-refractivity contribution in [1.29, 1.82) is 0 Å². The highest BCUT2D eigenvalue weighted by Crippen LogP contribution is 2.30. The molecule has 1 amide bonds. The van der Waals surface area contributed by atoms with Crippen molar-refractivity contribution >= 4 is 17.9 Å². The summed E-state index contributed by atoms with van der Waals surface area (Å²) in [7, 11) is 0. The summed E-state index contributed by atoms with van der Waals surface area (Å²) >= 11 is 1.76. The fraction of sp³-hybridized carbons (Fsp3) is 0.278. The number of nitrogens with zero attached hydrogens (tertiary/aromatic N) is 1. The number of ether oxygens (including phenoxy) is 1. The summed E-state index contributed by atoms with van der Waals surface area (Å²) in [6.07, 6.45) is -0.213. The van der Waals surface area contributed by atoms with E-state index in [1.165, 1.54) is 4.90 Å². The Balaban J connectivity index is 1.69. The van der Waals surface area contributed by atoms with E-state index in [0.29, 0.717) is 6.61 Å². The Morgan fingerprint density at radius 1 is 1.14 bits per heavy atom. The summed E-state index contributed by atoms with van der Waals surface area (Å²) in [6, 6.07) is 20.5. The SMILES string of the molecule is C[C@H](c1ccccc1)N1C(=O)OC[C@H]1CSc1ccccc1. The van der Waals surface area contributed by atoms with Crippen LogP contribution in [-0.2, 0) is 4.74 Å². The van der Waals surface area contributed by atoms with Gasteiger partial charge in [0.05, 0.1) is 12.1 Å². The molecular weight excluding hydrogens is 294 g/mol. The Bertz CT molecular complexity index is 617. The third kappa shape index (κ3) is 3.28. The van der Waals surface area contributed by atoms with Crippen molar-refractivity contribution in [3.63, 3.8) is 0 Å². The van der Waals surface area contributed by atoms with Crippen molar-refractivity contribution in [2.45, 2.75) is 23.9 Å². The molecule has 0 aliphatic carbocycles. The molecule has 2 aromatic rings. The topological polar surface area (TPSA) is 29.5 Å². The molecule has 0 spiro atoms. The van der Waals surface area contributed by atoms with Crippen molar-refractivity contribution < 1.29 is 9.53 Å². The number of carbonyl (C=O) groups is 1. The van der Waals surface area contributed by atoms with Crippen molar-refractivity contribution in [1.82, 2.24) is 4.90 Å². The molecule has 0 aromatic heterocycles. The molecule has 2 atom stereocenters. The monoisotopic (exact) mass is 313 g/mol. The normalized spacial score (nSPS) is 19.0. The summed E-state index contributed by atoms with van der Waals surface area (Å²) in [5.41, 5.74) is 1.14. The molecule has 0 unspecified atom stereocenters. The van der Waals surface area contributed by atoms with Gasteiger partial charge in [-0.15, -0.1) is 11.8 Å². The molecule has 22 heavy (non-hydrogen) atoms. The summed E-state index contributed by atoms with van der Waals surface area (Å²) < 4.78 is 5.28. The average molecular weight is 313 g/mol. The third-order valence-corrected chi connectivity index (χ3v) is 5.05. The highest BCUT2D eigenvalue weighted by Gasteiger charge is 2.36. The number of amides is 1. The number of benzene rings is 2. The van der Waals surface area contributed by atoms with Gasteiger partial charge >= 0.3 is 6.09 Å². The molecule has 1 heterocycles.